The first kappa shape index (κ1) is 15.2. The zero-order valence-corrected chi connectivity index (χ0v) is 12.8. The van der Waals surface area contributed by atoms with Crippen molar-refractivity contribution in [3.8, 4) is 0 Å². The Morgan fingerprint density at radius 2 is 1.90 bits per heavy atom. The highest BCUT2D eigenvalue weighted by atomic mass is 32.2. The standard InChI is InChI=1S/C13H21N3O3S/c1-16(2)20(17,18)11-6-4-10(5-7-11)15-12-8-14-9-13(12)19-3/h4-7,12-15H,8-9H2,1-3H3/t12?,13-/m0/s1. The van der Waals surface area contributed by atoms with Gasteiger partial charge in [-0.15, -0.1) is 0 Å². The molecule has 1 aromatic rings. The average molecular weight is 299 g/mol. The molecule has 0 amide bonds. The molecule has 6 nitrogen and oxygen atoms in total. The number of benzene rings is 1. The third-order valence-electron chi connectivity index (χ3n) is 3.45. The minimum absolute atomic E-state index is 0.125. The summed E-state index contributed by atoms with van der Waals surface area (Å²) in [4.78, 5) is 0.292. The lowest BCUT2D eigenvalue weighted by Gasteiger charge is -2.20. The summed E-state index contributed by atoms with van der Waals surface area (Å²) in [5.41, 5.74) is 0.887. The maximum absolute atomic E-state index is 12.0. The molecule has 2 rings (SSSR count). The number of methoxy groups -OCH3 is 1. The van der Waals surface area contributed by atoms with E-state index in [4.69, 9.17) is 4.74 Å². The summed E-state index contributed by atoms with van der Waals surface area (Å²) in [6, 6.07) is 6.98. The largest absolute Gasteiger partial charge is 0.378 e. The predicted octanol–water partition coefficient (Wildman–Crippen LogP) is 0.336. The second-order valence-electron chi connectivity index (χ2n) is 5.00. The summed E-state index contributed by atoms with van der Waals surface area (Å²) in [5, 5.41) is 6.61. The molecule has 0 radical (unpaired) electrons. The van der Waals surface area contributed by atoms with Crippen LogP contribution < -0.4 is 10.6 Å². The lowest BCUT2D eigenvalue weighted by molar-refractivity contribution is 0.111. The fraction of sp³-hybridized carbons (Fsp3) is 0.538. The Kier molecular flexibility index (Phi) is 4.64. The van der Waals surface area contributed by atoms with Crippen molar-refractivity contribution < 1.29 is 13.2 Å². The van der Waals surface area contributed by atoms with E-state index in [2.05, 4.69) is 10.6 Å². The van der Waals surface area contributed by atoms with E-state index in [-0.39, 0.29) is 12.1 Å². The van der Waals surface area contributed by atoms with E-state index in [1.54, 1.807) is 31.4 Å². The Bertz CT molecular complexity index is 542. The van der Waals surface area contributed by atoms with Crippen LogP contribution in [0.15, 0.2) is 29.2 Å². The van der Waals surface area contributed by atoms with Crippen molar-refractivity contribution in [3.05, 3.63) is 24.3 Å². The highest BCUT2D eigenvalue weighted by Crippen LogP contribution is 2.18. The molecule has 1 heterocycles. The molecular weight excluding hydrogens is 278 g/mol. The van der Waals surface area contributed by atoms with Gasteiger partial charge in [0.15, 0.2) is 0 Å². The van der Waals surface area contributed by atoms with Crippen LogP contribution in [-0.2, 0) is 14.8 Å². The van der Waals surface area contributed by atoms with Gasteiger partial charge in [-0.05, 0) is 24.3 Å². The number of ether oxygens (including phenoxy) is 1. The number of nitrogens with one attached hydrogen (secondary N) is 2. The van der Waals surface area contributed by atoms with E-state index in [9.17, 15) is 8.42 Å². The van der Waals surface area contributed by atoms with E-state index in [1.807, 2.05) is 0 Å². The highest BCUT2D eigenvalue weighted by Gasteiger charge is 2.26. The molecule has 2 N–H and O–H groups in total. The summed E-state index contributed by atoms with van der Waals surface area (Å²) in [6.07, 6.45) is 0.125. The molecule has 1 saturated heterocycles. The van der Waals surface area contributed by atoms with Gasteiger partial charge in [-0.25, -0.2) is 12.7 Å². The van der Waals surface area contributed by atoms with Gasteiger partial charge in [0, 0.05) is 40.0 Å². The zero-order chi connectivity index (χ0) is 14.8. The van der Waals surface area contributed by atoms with Crippen molar-refractivity contribution in [2.24, 2.45) is 0 Å². The fourth-order valence-electron chi connectivity index (χ4n) is 2.19. The van der Waals surface area contributed by atoms with Crippen LogP contribution in [0.4, 0.5) is 5.69 Å². The van der Waals surface area contributed by atoms with Gasteiger partial charge >= 0.3 is 0 Å². The maximum Gasteiger partial charge on any atom is 0.242 e. The first-order chi connectivity index (χ1) is 9.45. The van der Waals surface area contributed by atoms with E-state index in [1.165, 1.54) is 18.4 Å². The van der Waals surface area contributed by atoms with Crippen molar-refractivity contribution in [2.45, 2.75) is 17.0 Å². The molecule has 0 saturated carbocycles. The first-order valence-corrected chi connectivity index (χ1v) is 7.92. The van der Waals surface area contributed by atoms with Crippen molar-refractivity contribution in [1.29, 1.82) is 0 Å². The van der Waals surface area contributed by atoms with Gasteiger partial charge in [0.1, 0.15) is 0 Å². The number of hydrogen-bond acceptors (Lipinski definition) is 5. The van der Waals surface area contributed by atoms with E-state index < -0.39 is 10.0 Å². The summed E-state index contributed by atoms with van der Waals surface area (Å²) >= 11 is 0. The van der Waals surface area contributed by atoms with Gasteiger partial charge in [-0.1, -0.05) is 0 Å². The molecule has 1 aliphatic rings. The number of rotatable bonds is 5. The van der Waals surface area contributed by atoms with Crippen molar-refractivity contribution in [1.82, 2.24) is 9.62 Å². The molecule has 1 aliphatic heterocycles. The molecule has 2 atom stereocenters. The minimum atomic E-state index is -3.37. The van der Waals surface area contributed by atoms with Crippen LogP contribution in [0.5, 0.6) is 0 Å². The minimum Gasteiger partial charge on any atom is -0.378 e. The van der Waals surface area contributed by atoms with Gasteiger partial charge in [0.25, 0.3) is 0 Å². The number of nitrogens with zero attached hydrogens (tertiary/aromatic N) is 1. The van der Waals surface area contributed by atoms with Gasteiger partial charge in [0.05, 0.1) is 17.0 Å². The lowest BCUT2D eigenvalue weighted by Crippen LogP contribution is -2.33. The molecular formula is C13H21N3O3S. The molecule has 1 aromatic carbocycles. The fourth-order valence-corrected chi connectivity index (χ4v) is 3.10. The van der Waals surface area contributed by atoms with Crippen LogP contribution in [0, 0.1) is 0 Å². The normalized spacial score (nSPS) is 23.2. The van der Waals surface area contributed by atoms with Gasteiger partial charge in [-0.2, -0.15) is 0 Å². The quantitative estimate of drug-likeness (QED) is 0.820. The van der Waals surface area contributed by atoms with Crippen LogP contribution in [0.2, 0.25) is 0 Å². The molecule has 0 aliphatic carbocycles. The summed E-state index contributed by atoms with van der Waals surface area (Å²) in [6.45, 7) is 1.65. The first-order valence-electron chi connectivity index (χ1n) is 6.48. The Morgan fingerprint density at radius 1 is 1.25 bits per heavy atom. The Labute approximate surface area is 120 Å². The van der Waals surface area contributed by atoms with Gasteiger partial charge in [-0.3, -0.25) is 0 Å². The number of sulfonamides is 1. The smallest absolute Gasteiger partial charge is 0.242 e. The molecule has 20 heavy (non-hydrogen) atoms. The van der Waals surface area contributed by atoms with E-state index in [0.29, 0.717) is 4.90 Å². The van der Waals surface area contributed by atoms with Crippen LogP contribution in [0.3, 0.4) is 0 Å². The molecule has 1 unspecified atom stereocenters. The second kappa shape index (κ2) is 6.09. The Hall–Kier alpha value is -1.15. The van der Waals surface area contributed by atoms with Gasteiger partial charge in [0.2, 0.25) is 10.0 Å². The Morgan fingerprint density at radius 3 is 2.45 bits per heavy atom. The van der Waals surface area contributed by atoms with Crippen LogP contribution in [-0.4, -0.2) is 59.2 Å². The Balaban J connectivity index is 2.09. The lowest BCUT2D eigenvalue weighted by atomic mass is 10.2. The van der Waals surface area contributed by atoms with E-state index >= 15 is 0 Å². The zero-order valence-electron chi connectivity index (χ0n) is 12.0. The molecule has 112 valence electrons. The maximum atomic E-state index is 12.0. The second-order valence-corrected chi connectivity index (χ2v) is 7.15. The SMILES string of the molecule is CO[C@H]1CNCC1Nc1ccc(S(=O)(=O)N(C)C)cc1. The van der Waals surface area contributed by atoms with Crippen LogP contribution >= 0.6 is 0 Å². The van der Waals surface area contributed by atoms with Crippen molar-refractivity contribution in [3.63, 3.8) is 0 Å². The molecule has 0 spiro atoms. The number of hydrogen-bond donors (Lipinski definition) is 2. The third-order valence-corrected chi connectivity index (χ3v) is 5.28. The summed E-state index contributed by atoms with van der Waals surface area (Å²) in [5.74, 6) is 0. The average Bonchev–Trinajstić information content (AvgIpc) is 2.86. The van der Waals surface area contributed by atoms with Crippen LogP contribution in [0.25, 0.3) is 0 Å². The predicted molar refractivity (Wildman–Crippen MR) is 78.4 cm³/mol. The monoisotopic (exact) mass is 299 g/mol. The molecule has 0 aromatic heterocycles. The molecule has 7 heteroatoms. The third kappa shape index (κ3) is 3.12. The molecule has 1 fully saturated rings. The van der Waals surface area contributed by atoms with Crippen LogP contribution in [0.1, 0.15) is 0 Å². The topological polar surface area (TPSA) is 70.7 Å². The number of anilines is 1. The van der Waals surface area contributed by atoms with Crippen molar-refractivity contribution in [2.75, 3.05) is 39.6 Å². The van der Waals surface area contributed by atoms with Crippen molar-refractivity contribution >= 4 is 15.7 Å². The summed E-state index contributed by atoms with van der Waals surface area (Å²) < 4.78 is 30.5. The highest BCUT2D eigenvalue weighted by molar-refractivity contribution is 7.89. The van der Waals surface area contributed by atoms with E-state index in [0.717, 1.165) is 18.8 Å². The summed E-state index contributed by atoms with van der Waals surface area (Å²) in [7, 11) is 1.37. The molecule has 0 bridgehead atoms. The van der Waals surface area contributed by atoms with Gasteiger partial charge < -0.3 is 15.4 Å².